The Hall–Kier alpha value is -0.380. The lowest BCUT2D eigenvalue weighted by molar-refractivity contribution is 0.0442. The van der Waals surface area contributed by atoms with E-state index in [0.717, 1.165) is 25.0 Å². The average molecular weight is 301 g/mol. The van der Waals surface area contributed by atoms with Crippen LogP contribution in [0.1, 0.15) is 24.8 Å². The minimum Gasteiger partial charge on any atom is -0.379 e. The van der Waals surface area contributed by atoms with Gasteiger partial charge in [-0.2, -0.15) is 0 Å². The summed E-state index contributed by atoms with van der Waals surface area (Å²) in [4.78, 5) is 0. The molecule has 0 aliphatic heterocycles. The number of rotatable bonds is 9. The third-order valence-electron chi connectivity index (χ3n) is 2.50. The van der Waals surface area contributed by atoms with Crippen LogP contribution in [-0.2, 0) is 9.47 Å². The Labute approximate surface area is 112 Å². The molecule has 1 rings (SSSR count). The van der Waals surface area contributed by atoms with Crippen molar-refractivity contribution in [3.05, 3.63) is 35.9 Å². The van der Waals surface area contributed by atoms with Crippen molar-refractivity contribution in [2.24, 2.45) is 0 Å². The number of halogens is 1. The first kappa shape index (κ1) is 14.7. The van der Waals surface area contributed by atoms with E-state index < -0.39 is 0 Å². The van der Waals surface area contributed by atoms with Gasteiger partial charge >= 0.3 is 0 Å². The molecule has 1 atom stereocenters. The zero-order valence-corrected chi connectivity index (χ0v) is 12.0. The van der Waals surface area contributed by atoms with Crippen molar-refractivity contribution in [3.8, 4) is 0 Å². The number of hydrogen-bond donors (Lipinski definition) is 0. The van der Waals surface area contributed by atoms with Crippen LogP contribution in [0.25, 0.3) is 0 Å². The molecule has 0 saturated carbocycles. The molecule has 1 aromatic carbocycles. The maximum absolute atomic E-state index is 5.63. The molecular formula is C14H21BrO2. The molecule has 0 aliphatic carbocycles. The number of benzene rings is 1. The van der Waals surface area contributed by atoms with Gasteiger partial charge in [0.25, 0.3) is 0 Å². The van der Waals surface area contributed by atoms with Gasteiger partial charge in [0.15, 0.2) is 0 Å². The molecule has 0 saturated heterocycles. The van der Waals surface area contributed by atoms with E-state index >= 15 is 0 Å². The van der Waals surface area contributed by atoms with Crippen molar-refractivity contribution in [3.63, 3.8) is 0 Å². The Balaban J connectivity index is 2.20. The Bertz CT molecular complexity index is 277. The van der Waals surface area contributed by atoms with Crippen molar-refractivity contribution in [1.82, 2.24) is 0 Å². The second kappa shape index (κ2) is 9.63. The van der Waals surface area contributed by atoms with Gasteiger partial charge in [0.05, 0.1) is 19.8 Å². The molecule has 1 unspecified atom stereocenters. The molecular weight excluding hydrogens is 280 g/mol. The molecule has 0 fully saturated rings. The van der Waals surface area contributed by atoms with Crippen molar-refractivity contribution in [1.29, 1.82) is 0 Å². The van der Waals surface area contributed by atoms with E-state index in [1.54, 1.807) is 0 Å². The van der Waals surface area contributed by atoms with E-state index in [-0.39, 0.29) is 0 Å². The van der Waals surface area contributed by atoms with Crippen LogP contribution in [0, 0.1) is 0 Å². The van der Waals surface area contributed by atoms with E-state index in [4.69, 9.17) is 9.47 Å². The van der Waals surface area contributed by atoms with E-state index in [1.165, 1.54) is 5.56 Å². The van der Waals surface area contributed by atoms with Gasteiger partial charge in [-0.05, 0) is 12.0 Å². The molecule has 0 spiro atoms. The number of alkyl halides is 1. The fourth-order valence-electron chi connectivity index (χ4n) is 1.54. The normalized spacial score (nSPS) is 12.6. The molecule has 0 bridgehead atoms. The Morgan fingerprint density at radius 2 is 1.76 bits per heavy atom. The van der Waals surface area contributed by atoms with Gasteiger partial charge in [-0.15, -0.1) is 0 Å². The lowest BCUT2D eigenvalue weighted by Crippen LogP contribution is -2.12. The average Bonchev–Trinajstić information content (AvgIpc) is 2.39. The highest BCUT2D eigenvalue weighted by molar-refractivity contribution is 9.09. The largest absolute Gasteiger partial charge is 0.379 e. The molecule has 17 heavy (non-hydrogen) atoms. The van der Waals surface area contributed by atoms with Crippen LogP contribution in [0.5, 0.6) is 0 Å². The first-order chi connectivity index (χ1) is 8.38. The molecule has 96 valence electrons. The van der Waals surface area contributed by atoms with Gasteiger partial charge in [-0.3, -0.25) is 0 Å². The third-order valence-corrected chi connectivity index (χ3v) is 3.28. The summed E-state index contributed by atoms with van der Waals surface area (Å²) in [5, 5.41) is 0.923. The van der Waals surface area contributed by atoms with E-state index in [9.17, 15) is 0 Å². The van der Waals surface area contributed by atoms with Crippen LogP contribution in [0.4, 0.5) is 0 Å². The molecule has 2 nitrogen and oxygen atoms in total. The van der Waals surface area contributed by atoms with Crippen LogP contribution in [0.15, 0.2) is 30.3 Å². The summed E-state index contributed by atoms with van der Waals surface area (Å²) in [7, 11) is 0. The molecule has 0 radical (unpaired) electrons. The quantitative estimate of drug-likeness (QED) is 0.512. The Kier molecular flexibility index (Phi) is 8.32. The molecule has 0 aromatic heterocycles. The zero-order chi connectivity index (χ0) is 12.3. The maximum Gasteiger partial charge on any atom is 0.0700 e. The van der Waals surface area contributed by atoms with Crippen molar-refractivity contribution in [2.45, 2.75) is 19.3 Å². The zero-order valence-electron chi connectivity index (χ0n) is 10.4. The van der Waals surface area contributed by atoms with Gasteiger partial charge in [-0.1, -0.05) is 53.2 Å². The van der Waals surface area contributed by atoms with Crippen LogP contribution in [0.2, 0.25) is 0 Å². The van der Waals surface area contributed by atoms with E-state index in [1.807, 2.05) is 6.07 Å². The van der Waals surface area contributed by atoms with Gasteiger partial charge in [0.1, 0.15) is 0 Å². The summed E-state index contributed by atoms with van der Waals surface area (Å²) in [6, 6.07) is 10.4. The number of hydrogen-bond acceptors (Lipinski definition) is 2. The fourth-order valence-corrected chi connectivity index (χ4v) is 2.11. The van der Waals surface area contributed by atoms with Crippen LogP contribution < -0.4 is 0 Å². The highest BCUT2D eigenvalue weighted by Gasteiger charge is 2.09. The van der Waals surface area contributed by atoms with Crippen LogP contribution in [0.3, 0.4) is 0 Å². The molecule has 0 aliphatic rings. The van der Waals surface area contributed by atoms with Crippen LogP contribution in [-0.4, -0.2) is 31.8 Å². The third kappa shape index (κ3) is 6.20. The lowest BCUT2D eigenvalue weighted by atomic mass is 10.0. The first-order valence-electron chi connectivity index (χ1n) is 6.14. The Morgan fingerprint density at radius 1 is 1.06 bits per heavy atom. The van der Waals surface area contributed by atoms with Crippen molar-refractivity contribution < 1.29 is 9.47 Å². The highest BCUT2D eigenvalue weighted by Crippen LogP contribution is 2.18. The second-order valence-corrected chi connectivity index (χ2v) is 4.60. The maximum atomic E-state index is 5.63. The smallest absolute Gasteiger partial charge is 0.0700 e. The van der Waals surface area contributed by atoms with Crippen molar-refractivity contribution >= 4 is 15.9 Å². The predicted octanol–water partition coefficient (Wildman–Crippen LogP) is 3.61. The molecule has 0 N–H and O–H groups in total. The minimum absolute atomic E-state index is 0.419. The standard InChI is InChI=1S/C14H21BrO2/c1-2-8-16-9-10-17-12-14(11-15)13-6-4-3-5-7-13/h3-7,14H,2,8-12H2,1H3. The SMILES string of the molecule is CCCOCCOCC(CBr)c1ccccc1. The summed E-state index contributed by atoms with van der Waals surface area (Å²) in [6.07, 6.45) is 1.06. The summed E-state index contributed by atoms with van der Waals surface area (Å²) in [6.45, 7) is 5.04. The first-order valence-corrected chi connectivity index (χ1v) is 7.27. The molecule has 0 heterocycles. The van der Waals surface area contributed by atoms with E-state index in [0.29, 0.717) is 19.1 Å². The lowest BCUT2D eigenvalue weighted by Gasteiger charge is -2.14. The summed E-state index contributed by atoms with van der Waals surface area (Å²) >= 11 is 3.54. The van der Waals surface area contributed by atoms with Gasteiger partial charge < -0.3 is 9.47 Å². The predicted molar refractivity (Wildman–Crippen MR) is 74.9 cm³/mol. The molecule has 1 aromatic rings. The second-order valence-electron chi connectivity index (χ2n) is 3.95. The highest BCUT2D eigenvalue weighted by atomic mass is 79.9. The topological polar surface area (TPSA) is 18.5 Å². The minimum atomic E-state index is 0.419. The van der Waals surface area contributed by atoms with Gasteiger partial charge in [-0.25, -0.2) is 0 Å². The summed E-state index contributed by atoms with van der Waals surface area (Å²) in [5.74, 6) is 0.419. The van der Waals surface area contributed by atoms with Gasteiger partial charge in [0.2, 0.25) is 0 Å². The fraction of sp³-hybridized carbons (Fsp3) is 0.571. The van der Waals surface area contributed by atoms with Crippen LogP contribution >= 0.6 is 15.9 Å². The number of ether oxygens (including phenoxy) is 2. The summed E-state index contributed by atoms with van der Waals surface area (Å²) < 4.78 is 11.0. The monoisotopic (exact) mass is 300 g/mol. The molecule has 3 heteroatoms. The molecule has 0 amide bonds. The van der Waals surface area contributed by atoms with Crippen molar-refractivity contribution in [2.75, 3.05) is 31.8 Å². The Morgan fingerprint density at radius 3 is 2.41 bits per heavy atom. The summed E-state index contributed by atoms with van der Waals surface area (Å²) in [5.41, 5.74) is 1.32. The van der Waals surface area contributed by atoms with Gasteiger partial charge in [0, 0.05) is 17.9 Å². The van der Waals surface area contributed by atoms with E-state index in [2.05, 4.69) is 47.1 Å².